The number of fused-ring (bicyclic) bond motifs is 3. The Morgan fingerprint density at radius 3 is 1.86 bits per heavy atom. The normalized spacial score (nSPS) is 14.1. The molecule has 1 atom stereocenters. The maximum Gasteiger partial charge on any atom is 0.100 e. The van der Waals surface area contributed by atoms with Gasteiger partial charge in [0.25, 0.3) is 0 Å². The van der Waals surface area contributed by atoms with Crippen molar-refractivity contribution in [1.29, 1.82) is 5.26 Å². The van der Waals surface area contributed by atoms with Crippen LogP contribution in [-0.4, -0.2) is 0 Å². The highest BCUT2D eigenvalue weighted by molar-refractivity contribution is 6.12. The molecule has 0 saturated carbocycles. The second-order valence-corrected chi connectivity index (χ2v) is 10.9. The van der Waals surface area contributed by atoms with E-state index in [9.17, 15) is 5.26 Å². The summed E-state index contributed by atoms with van der Waals surface area (Å²) in [5, 5.41) is 14.1. The van der Waals surface area contributed by atoms with Gasteiger partial charge in [0, 0.05) is 22.1 Å². The van der Waals surface area contributed by atoms with Gasteiger partial charge in [-0.15, -0.1) is 0 Å². The Balaban J connectivity index is 1.30. The van der Waals surface area contributed by atoms with E-state index in [0.29, 0.717) is 0 Å². The van der Waals surface area contributed by atoms with E-state index in [-0.39, 0.29) is 6.04 Å². The third-order valence-electron chi connectivity index (χ3n) is 8.28. The molecule has 6 aromatic carbocycles. The number of nitrogens with zero attached hydrogens (tertiary/aromatic N) is 2. The third-order valence-corrected chi connectivity index (χ3v) is 8.28. The molecule has 43 heavy (non-hydrogen) atoms. The van der Waals surface area contributed by atoms with E-state index >= 15 is 0 Å². The van der Waals surface area contributed by atoms with Gasteiger partial charge in [0.2, 0.25) is 0 Å². The topological polar surface area (TPSA) is 27.0 Å². The number of hydrogen-bond donors (Lipinski definition) is 0. The maximum absolute atomic E-state index is 9.98. The van der Waals surface area contributed by atoms with E-state index in [1.165, 1.54) is 16.7 Å². The number of anilines is 2. The fourth-order valence-electron chi connectivity index (χ4n) is 6.15. The van der Waals surface area contributed by atoms with Gasteiger partial charge < -0.3 is 4.90 Å². The first kappa shape index (κ1) is 26.3. The average molecular weight is 551 g/mol. The number of hydrogen-bond acceptors (Lipinski definition) is 2. The Bertz CT molecular complexity index is 2030. The number of aryl methyl sites for hydroxylation is 1. The lowest BCUT2D eigenvalue weighted by Gasteiger charge is -2.33. The summed E-state index contributed by atoms with van der Waals surface area (Å²) in [5.74, 6) is 0. The third kappa shape index (κ3) is 4.92. The first-order valence-electron chi connectivity index (χ1n) is 14.6. The molecule has 6 aromatic rings. The van der Waals surface area contributed by atoms with Crippen molar-refractivity contribution in [2.45, 2.75) is 13.0 Å². The van der Waals surface area contributed by atoms with Gasteiger partial charge in [-0.2, -0.15) is 5.26 Å². The fourth-order valence-corrected chi connectivity index (χ4v) is 6.15. The molecule has 0 N–H and O–H groups in total. The SMILES string of the molecule is Cc1ccc(N(c2ccc(C=Cc3c4ccccc4c(C#N)c4ccccc34)cc2)C2C=CC=Cc3ccccc32)cc1. The molecular weight excluding hydrogens is 520 g/mol. The predicted octanol–water partition coefficient (Wildman–Crippen LogP) is 10.8. The van der Waals surface area contributed by atoms with Crippen LogP contribution in [-0.2, 0) is 0 Å². The van der Waals surface area contributed by atoms with Crippen LogP contribution in [0.2, 0.25) is 0 Å². The summed E-state index contributed by atoms with van der Waals surface area (Å²) < 4.78 is 0. The second kappa shape index (κ2) is 11.3. The van der Waals surface area contributed by atoms with Crippen LogP contribution < -0.4 is 4.90 Å². The molecule has 0 amide bonds. The molecular formula is C41H30N2. The molecule has 1 unspecified atom stereocenters. The quantitative estimate of drug-likeness (QED) is 0.158. The van der Waals surface area contributed by atoms with Crippen molar-refractivity contribution in [3.05, 3.63) is 173 Å². The molecule has 1 aliphatic carbocycles. The van der Waals surface area contributed by atoms with E-state index in [4.69, 9.17) is 0 Å². The van der Waals surface area contributed by atoms with Gasteiger partial charge in [-0.3, -0.25) is 0 Å². The zero-order chi connectivity index (χ0) is 29.2. The van der Waals surface area contributed by atoms with E-state index in [2.05, 4.69) is 139 Å². The largest absolute Gasteiger partial charge is 0.330 e. The van der Waals surface area contributed by atoms with Crippen LogP contribution >= 0.6 is 0 Å². The second-order valence-electron chi connectivity index (χ2n) is 10.9. The van der Waals surface area contributed by atoms with Crippen molar-refractivity contribution in [1.82, 2.24) is 0 Å². The van der Waals surface area contributed by atoms with Crippen LogP contribution in [0.15, 0.2) is 140 Å². The summed E-state index contributed by atoms with van der Waals surface area (Å²) in [5.41, 5.74) is 9.00. The van der Waals surface area contributed by atoms with Crippen LogP contribution in [0.1, 0.15) is 39.4 Å². The number of rotatable bonds is 5. The Labute approximate surface area is 252 Å². The molecule has 1 aliphatic rings. The monoisotopic (exact) mass is 550 g/mol. The van der Waals surface area contributed by atoms with Crippen molar-refractivity contribution in [3.8, 4) is 6.07 Å². The molecule has 7 rings (SSSR count). The Morgan fingerprint density at radius 1 is 0.628 bits per heavy atom. The predicted molar refractivity (Wildman–Crippen MR) is 182 cm³/mol. The Hall–Kier alpha value is -5.65. The highest BCUT2D eigenvalue weighted by atomic mass is 15.2. The van der Waals surface area contributed by atoms with Crippen LogP contribution in [0.25, 0.3) is 39.8 Å². The van der Waals surface area contributed by atoms with Crippen molar-refractivity contribution < 1.29 is 0 Å². The average Bonchev–Trinajstić information content (AvgIpc) is 3.27. The van der Waals surface area contributed by atoms with E-state index < -0.39 is 0 Å². The Kier molecular flexibility index (Phi) is 6.91. The minimum Gasteiger partial charge on any atom is -0.330 e. The smallest absolute Gasteiger partial charge is 0.100 e. The van der Waals surface area contributed by atoms with Gasteiger partial charge in [0.1, 0.15) is 6.07 Å². The number of nitriles is 1. The molecule has 0 fully saturated rings. The molecule has 0 saturated heterocycles. The van der Waals surface area contributed by atoms with Gasteiger partial charge in [-0.1, -0.05) is 139 Å². The highest BCUT2D eigenvalue weighted by Crippen LogP contribution is 2.39. The summed E-state index contributed by atoms with van der Waals surface area (Å²) in [6.45, 7) is 2.13. The van der Waals surface area contributed by atoms with Crippen molar-refractivity contribution in [2.75, 3.05) is 4.90 Å². The first-order valence-corrected chi connectivity index (χ1v) is 14.6. The summed E-state index contributed by atoms with van der Waals surface area (Å²) in [6.07, 6.45) is 13.1. The summed E-state index contributed by atoms with van der Waals surface area (Å²) in [6, 6.07) is 45.1. The van der Waals surface area contributed by atoms with Crippen molar-refractivity contribution in [2.24, 2.45) is 0 Å². The molecule has 2 heteroatoms. The molecule has 2 nitrogen and oxygen atoms in total. The van der Waals surface area contributed by atoms with Crippen molar-refractivity contribution in [3.63, 3.8) is 0 Å². The van der Waals surface area contributed by atoms with E-state index in [0.717, 1.165) is 49.6 Å². The number of benzene rings is 6. The highest BCUT2D eigenvalue weighted by Gasteiger charge is 2.23. The van der Waals surface area contributed by atoms with Crippen molar-refractivity contribution >= 4 is 51.1 Å². The zero-order valence-corrected chi connectivity index (χ0v) is 24.0. The fraction of sp³-hybridized carbons (Fsp3) is 0.0488. The zero-order valence-electron chi connectivity index (χ0n) is 24.0. The minimum atomic E-state index is 0.0478. The van der Waals surface area contributed by atoms with Crippen LogP contribution in [0.5, 0.6) is 0 Å². The first-order chi connectivity index (χ1) is 21.2. The lowest BCUT2D eigenvalue weighted by atomic mass is 9.92. The Morgan fingerprint density at radius 2 is 1.21 bits per heavy atom. The molecule has 0 bridgehead atoms. The molecule has 0 aliphatic heterocycles. The summed E-state index contributed by atoms with van der Waals surface area (Å²) in [7, 11) is 0. The van der Waals surface area contributed by atoms with E-state index in [1.807, 2.05) is 36.4 Å². The van der Waals surface area contributed by atoms with Gasteiger partial charge in [0.15, 0.2) is 0 Å². The molecule has 0 radical (unpaired) electrons. The molecule has 204 valence electrons. The van der Waals surface area contributed by atoms with Gasteiger partial charge in [-0.25, -0.2) is 0 Å². The summed E-state index contributed by atoms with van der Waals surface area (Å²) >= 11 is 0. The number of allylic oxidation sites excluding steroid dienone is 2. The van der Waals surface area contributed by atoms with Gasteiger partial charge in [-0.05, 0) is 64.2 Å². The van der Waals surface area contributed by atoms with Gasteiger partial charge >= 0.3 is 0 Å². The van der Waals surface area contributed by atoms with Crippen LogP contribution in [0, 0.1) is 18.3 Å². The lowest BCUT2D eigenvalue weighted by molar-refractivity contribution is 0.850. The van der Waals surface area contributed by atoms with Crippen LogP contribution in [0.3, 0.4) is 0 Å². The van der Waals surface area contributed by atoms with Gasteiger partial charge in [0.05, 0.1) is 11.6 Å². The minimum absolute atomic E-state index is 0.0478. The van der Waals surface area contributed by atoms with E-state index in [1.54, 1.807) is 0 Å². The molecule has 0 heterocycles. The standard InChI is InChI=1S/C41H30N2/c1-29-18-23-32(24-19-29)43(41-17-9-3-11-31-10-2-4-12-34(31)41)33-25-20-30(21-26-33)22-27-39-35-13-5-7-15-37(35)40(28-42)38-16-8-6-14-36(38)39/h2-27,41H,1H3. The molecule has 0 aromatic heterocycles. The summed E-state index contributed by atoms with van der Waals surface area (Å²) in [4.78, 5) is 2.41. The maximum atomic E-state index is 9.98. The molecule has 0 spiro atoms. The van der Waals surface area contributed by atoms with Crippen LogP contribution in [0.4, 0.5) is 11.4 Å². The lowest BCUT2D eigenvalue weighted by Crippen LogP contribution is -2.23.